The predicted octanol–water partition coefficient (Wildman–Crippen LogP) is 2.72. The fraction of sp³-hybridized carbons (Fsp3) is 0.600. The Bertz CT molecular complexity index is 215. The van der Waals surface area contributed by atoms with Crippen molar-refractivity contribution in [2.24, 2.45) is 0 Å². The Morgan fingerprint density at radius 1 is 1.33 bits per heavy atom. The first-order valence-corrected chi connectivity index (χ1v) is 4.75. The number of unbranched alkanes of at least 4 members (excludes halogenated alkanes) is 3. The van der Waals surface area contributed by atoms with Gasteiger partial charge in [-0.2, -0.15) is 0 Å². The zero-order chi connectivity index (χ0) is 8.81. The minimum Gasteiger partial charge on any atom is -0.385 e. The number of aryl methyl sites for hydroxylation is 1. The van der Waals surface area contributed by atoms with Crippen LogP contribution in [0, 0.1) is 0 Å². The third kappa shape index (κ3) is 2.99. The van der Waals surface area contributed by atoms with Crippen LogP contribution in [-0.2, 0) is 6.42 Å². The molecule has 0 aliphatic rings. The Kier molecular flexibility index (Phi) is 3.71. The molecule has 68 valence electrons. The van der Waals surface area contributed by atoms with Crippen LogP contribution in [0.1, 0.15) is 38.2 Å². The summed E-state index contributed by atoms with van der Waals surface area (Å²) >= 11 is 0. The quantitative estimate of drug-likeness (QED) is 0.649. The lowest BCUT2D eigenvalue weighted by molar-refractivity contribution is 0.667. The molecule has 0 aliphatic heterocycles. The van der Waals surface area contributed by atoms with Gasteiger partial charge in [-0.15, -0.1) is 0 Å². The standard InChI is InChI=1S/C10H18N2/c1-2-3-4-5-6-9-7-10(11)12-8-9/h7-8,12H,2-6,11H2,1H3. The van der Waals surface area contributed by atoms with Gasteiger partial charge >= 0.3 is 0 Å². The van der Waals surface area contributed by atoms with Crippen LogP contribution in [0.3, 0.4) is 0 Å². The van der Waals surface area contributed by atoms with E-state index in [-0.39, 0.29) is 0 Å². The normalized spacial score (nSPS) is 10.4. The van der Waals surface area contributed by atoms with Gasteiger partial charge in [-0.25, -0.2) is 0 Å². The highest BCUT2D eigenvalue weighted by molar-refractivity contribution is 5.33. The molecule has 0 atom stereocenters. The van der Waals surface area contributed by atoms with Crippen LogP contribution in [0.4, 0.5) is 5.82 Å². The summed E-state index contributed by atoms with van der Waals surface area (Å²) in [4.78, 5) is 2.99. The highest BCUT2D eigenvalue weighted by Crippen LogP contribution is 2.09. The first-order valence-electron chi connectivity index (χ1n) is 4.75. The van der Waals surface area contributed by atoms with Crippen molar-refractivity contribution < 1.29 is 0 Å². The van der Waals surface area contributed by atoms with E-state index in [1.807, 2.05) is 12.3 Å². The lowest BCUT2D eigenvalue weighted by atomic mass is 10.1. The number of H-pyrrole nitrogens is 1. The van der Waals surface area contributed by atoms with Crippen LogP contribution in [0.2, 0.25) is 0 Å². The molecule has 0 aliphatic carbocycles. The Morgan fingerprint density at radius 2 is 2.17 bits per heavy atom. The van der Waals surface area contributed by atoms with Gasteiger partial charge in [0.25, 0.3) is 0 Å². The summed E-state index contributed by atoms with van der Waals surface area (Å²) in [7, 11) is 0. The van der Waals surface area contributed by atoms with Crippen LogP contribution in [-0.4, -0.2) is 4.98 Å². The molecule has 2 heteroatoms. The third-order valence-corrected chi connectivity index (χ3v) is 2.08. The second-order valence-corrected chi connectivity index (χ2v) is 3.27. The molecule has 1 rings (SSSR count). The van der Waals surface area contributed by atoms with Gasteiger partial charge in [0.15, 0.2) is 0 Å². The van der Waals surface area contributed by atoms with Gasteiger partial charge < -0.3 is 10.7 Å². The molecule has 1 aromatic rings. The van der Waals surface area contributed by atoms with Gasteiger partial charge in [0.2, 0.25) is 0 Å². The van der Waals surface area contributed by atoms with E-state index in [2.05, 4.69) is 11.9 Å². The van der Waals surface area contributed by atoms with Crippen LogP contribution in [0.15, 0.2) is 12.3 Å². The van der Waals surface area contributed by atoms with Gasteiger partial charge in [-0.05, 0) is 24.5 Å². The SMILES string of the molecule is CCCCCCc1c[nH]c(N)c1. The monoisotopic (exact) mass is 166 g/mol. The molecule has 0 aromatic carbocycles. The van der Waals surface area contributed by atoms with Gasteiger partial charge in [-0.1, -0.05) is 26.2 Å². The summed E-state index contributed by atoms with van der Waals surface area (Å²) < 4.78 is 0. The number of rotatable bonds is 5. The average Bonchev–Trinajstić information content (AvgIpc) is 2.45. The zero-order valence-electron chi connectivity index (χ0n) is 7.77. The molecule has 0 fully saturated rings. The minimum atomic E-state index is 0.778. The molecule has 12 heavy (non-hydrogen) atoms. The Labute approximate surface area is 74.2 Å². The van der Waals surface area contributed by atoms with Crippen molar-refractivity contribution in [1.82, 2.24) is 4.98 Å². The number of aromatic amines is 1. The maximum absolute atomic E-state index is 5.55. The van der Waals surface area contributed by atoms with Gasteiger partial charge in [0, 0.05) is 6.20 Å². The molecule has 0 spiro atoms. The maximum Gasteiger partial charge on any atom is 0.100 e. The molecule has 1 aromatic heterocycles. The van der Waals surface area contributed by atoms with Crippen LogP contribution in [0.25, 0.3) is 0 Å². The van der Waals surface area contributed by atoms with E-state index in [1.54, 1.807) is 0 Å². The molecule has 0 bridgehead atoms. The van der Waals surface area contributed by atoms with Gasteiger partial charge in [0.1, 0.15) is 5.82 Å². The largest absolute Gasteiger partial charge is 0.385 e. The number of hydrogen-bond acceptors (Lipinski definition) is 1. The fourth-order valence-corrected chi connectivity index (χ4v) is 1.36. The fourth-order valence-electron chi connectivity index (χ4n) is 1.36. The van der Waals surface area contributed by atoms with Crippen molar-refractivity contribution in [3.63, 3.8) is 0 Å². The molecule has 0 unspecified atom stereocenters. The second kappa shape index (κ2) is 4.86. The van der Waals surface area contributed by atoms with Gasteiger partial charge in [-0.3, -0.25) is 0 Å². The predicted molar refractivity (Wildman–Crippen MR) is 53.1 cm³/mol. The smallest absolute Gasteiger partial charge is 0.100 e. The first kappa shape index (κ1) is 9.17. The second-order valence-electron chi connectivity index (χ2n) is 3.27. The highest BCUT2D eigenvalue weighted by Gasteiger charge is 1.95. The number of nitrogens with two attached hydrogens (primary N) is 1. The van der Waals surface area contributed by atoms with Crippen molar-refractivity contribution in [2.45, 2.75) is 39.0 Å². The number of aromatic nitrogens is 1. The minimum absolute atomic E-state index is 0.778. The summed E-state index contributed by atoms with van der Waals surface area (Å²) in [6.45, 7) is 2.23. The van der Waals surface area contributed by atoms with Crippen LogP contribution in [0.5, 0.6) is 0 Å². The first-order chi connectivity index (χ1) is 5.83. The van der Waals surface area contributed by atoms with E-state index in [0.29, 0.717) is 0 Å². The number of nitrogens with one attached hydrogen (secondary N) is 1. The Morgan fingerprint density at radius 3 is 2.75 bits per heavy atom. The molecule has 0 radical (unpaired) electrons. The number of hydrogen-bond donors (Lipinski definition) is 2. The van der Waals surface area contributed by atoms with Crippen molar-refractivity contribution in [3.8, 4) is 0 Å². The van der Waals surface area contributed by atoms with E-state index in [9.17, 15) is 0 Å². The third-order valence-electron chi connectivity index (χ3n) is 2.08. The molecule has 1 heterocycles. The van der Waals surface area contributed by atoms with E-state index < -0.39 is 0 Å². The lowest BCUT2D eigenvalue weighted by Crippen LogP contribution is -1.83. The summed E-state index contributed by atoms with van der Waals surface area (Å²) in [5.41, 5.74) is 6.89. The summed E-state index contributed by atoms with van der Waals surface area (Å²) in [5, 5.41) is 0. The topological polar surface area (TPSA) is 41.8 Å². The molecule has 0 saturated carbocycles. The van der Waals surface area contributed by atoms with E-state index in [0.717, 1.165) is 12.2 Å². The molecular weight excluding hydrogens is 148 g/mol. The van der Waals surface area contributed by atoms with Crippen LogP contribution < -0.4 is 5.73 Å². The number of nitrogen functional groups attached to an aromatic ring is 1. The molecule has 0 saturated heterocycles. The Hall–Kier alpha value is -0.920. The molecule has 3 N–H and O–H groups in total. The number of anilines is 1. The lowest BCUT2D eigenvalue weighted by Gasteiger charge is -1.96. The molecule has 2 nitrogen and oxygen atoms in total. The molecule has 0 amide bonds. The van der Waals surface area contributed by atoms with E-state index >= 15 is 0 Å². The van der Waals surface area contributed by atoms with E-state index in [4.69, 9.17) is 5.73 Å². The van der Waals surface area contributed by atoms with Crippen molar-refractivity contribution >= 4 is 5.82 Å². The van der Waals surface area contributed by atoms with Crippen LogP contribution >= 0.6 is 0 Å². The molecular formula is C10H18N2. The van der Waals surface area contributed by atoms with Crippen molar-refractivity contribution in [3.05, 3.63) is 17.8 Å². The zero-order valence-corrected chi connectivity index (χ0v) is 7.77. The van der Waals surface area contributed by atoms with Crippen molar-refractivity contribution in [2.75, 3.05) is 5.73 Å². The summed E-state index contributed by atoms with van der Waals surface area (Å²) in [6, 6.07) is 2.02. The summed E-state index contributed by atoms with van der Waals surface area (Å²) in [5.74, 6) is 0.778. The van der Waals surface area contributed by atoms with Crippen molar-refractivity contribution in [1.29, 1.82) is 0 Å². The van der Waals surface area contributed by atoms with E-state index in [1.165, 1.54) is 31.2 Å². The summed E-state index contributed by atoms with van der Waals surface area (Å²) in [6.07, 6.45) is 8.43. The average molecular weight is 166 g/mol. The highest BCUT2D eigenvalue weighted by atomic mass is 14.8. The maximum atomic E-state index is 5.55. The Balaban J connectivity index is 2.15. The van der Waals surface area contributed by atoms with Gasteiger partial charge in [0.05, 0.1) is 0 Å².